The summed E-state index contributed by atoms with van der Waals surface area (Å²) in [5.41, 5.74) is -0.0208. The highest BCUT2D eigenvalue weighted by Gasteiger charge is 2.32. The van der Waals surface area contributed by atoms with Gasteiger partial charge in [0, 0.05) is 17.7 Å². The molecule has 7 nitrogen and oxygen atoms in total. The number of carbonyl (C=O) groups is 1. The van der Waals surface area contributed by atoms with Crippen molar-refractivity contribution >= 4 is 17.4 Å². The van der Waals surface area contributed by atoms with E-state index in [4.69, 9.17) is 4.74 Å². The van der Waals surface area contributed by atoms with Crippen LogP contribution in [0.2, 0.25) is 0 Å². The summed E-state index contributed by atoms with van der Waals surface area (Å²) in [5, 5.41) is 13.4. The molecule has 1 saturated carbocycles. The second kappa shape index (κ2) is 10.1. The van der Waals surface area contributed by atoms with Crippen LogP contribution in [0.25, 0.3) is 0 Å². The minimum Gasteiger partial charge on any atom is -0.481 e. The molecular formula is C23H29F2N3O4. The second-order valence-electron chi connectivity index (χ2n) is 8.25. The molecule has 1 aliphatic carbocycles. The summed E-state index contributed by atoms with van der Waals surface area (Å²) in [6.45, 7) is 0.200. The van der Waals surface area contributed by atoms with Crippen LogP contribution in [-0.2, 0) is 5.60 Å². The number of nitrogens with zero attached hydrogens (tertiary/aromatic N) is 2. The van der Waals surface area contributed by atoms with Crippen molar-refractivity contribution in [2.45, 2.75) is 64.2 Å². The summed E-state index contributed by atoms with van der Waals surface area (Å²) in [6, 6.07) is 9.40. The van der Waals surface area contributed by atoms with E-state index in [9.17, 15) is 18.7 Å². The third-order valence-electron chi connectivity index (χ3n) is 5.47. The van der Waals surface area contributed by atoms with E-state index in [1.807, 2.05) is 0 Å². The van der Waals surface area contributed by atoms with Gasteiger partial charge in [-0.15, -0.1) is 0 Å². The number of methoxy groups -OCH3 is 1. The molecular weight excluding hydrogens is 420 g/mol. The smallest absolute Gasteiger partial charge is 0.388 e. The lowest BCUT2D eigenvalue weighted by Crippen LogP contribution is -2.45. The minimum absolute atomic E-state index is 0.00218. The Bertz CT molecular complexity index is 928. The maximum absolute atomic E-state index is 13.5. The Morgan fingerprint density at radius 2 is 1.88 bits per heavy atom. The largest absolute Gasteiger partial charge is 0.481 e. The molecule has 0 unspecified atom stereocenters. The number of aliphatic hydroxyl groups is 1. The van der Waals surface area contributed by atoms with E-state index in [1.165, 1.54) is 19.2 Å². The molecule has 1 aromatic heterocycles. The quantitative estimate of drug-likeness (QED) is 0.600. The van der Waals surface area contributed by atoms with Gasteiger partial charge in [0.25, 0.3) is 0 Å². The van der Waals surface area contributed by atoms with Gasteiger partial charge in [-0.2, -0.15) is 13.8 Å². The van der Waals surface area contributed by atoms with Gasteiger partial charge in [0.2, 0.25) is 11.8 Å². The number of carbonyl (C=O) groups excluding carboxylic acids is 1. The van der Waals surface area contributed by atoms with Crippen LogP contribution in [0.5, 0.6) is 11.8 Å². The maximum atomic E-state index is 13.5. The molecule has 2 N–H and O–H groups in total. The van der Waals surface area contributed by atoms with E-state index < -0.39 is 24.1 Å². The van der Waals surface area contributed by atoms with Gasteiger partial charge in [0.05, 0.1) is 18.4 Å². The molecule has 1 aromatic carbocycles. The number of amides is 2. The molecule has 0 bridgehead atoms. The monoisotopic (exact) mass is 449 g/mol. The van der Waals surface area contributed by atoms with Gasteiger partial charge in [0.15, 0.2) is 0 Å². The number of para-hydroxylation sites is 1. The van der Waals surface area contributed by atoms with E-state index in [1.54, 1.807) is 43.0 Å². The number of halogens is 2. The lowest BCUT2D eigenvalue weighted by molar-refractivity contribution is -0.0525. The first-order valence-electron chi connectivity index (χ1n) is 10.6. The van der Waals surface area contributed by atoms with Crippen molar-refractivity contribution in [2.75, 3.05) is 17.3 Å². The topological polar surface area (TPSA) is 83.9 Å². The molecule has 2 amide bonds. The maximum Gasteiger partial charge on any atom is 0.388 e. The van der Waals surface area contributed by atoms with Gasteiger partial charge in [0.1, 0.15) is 5.69 Å². The van der Waals surface area contributed by atoms with Crippen LogP contribution in [0.1, 0.15) is 51.5 Å². The zero-order valence-electron chi connectivity index (χ0n) is 18.5. The number of aromatic nitrogens is 1. The number of hydrogen-bond acceptors (Lipinski definition) is 5. The Morgan fingerprint density at radius 3 is 2.50 bits per heavy atom. The van der Waals surface area contributed by atoms with Crippen molar-refractivity contribution in [3.05, 3.63) is 42.0 Å². The van der Waals surface area contributed by atoms with Crippen molar-refractivity contribution in [1.82, 2.24) is 4.98 Å². The molecule has 0 saturated heterocycles. The molecule has 0 spiro atoms. The average molecular weight is 449 g/mol. The van der Waals surface area contributed by atoms with Crippen LogP contribution >= 0.6 is 0 Å². The summed E-state index contributed by atoms with van der Waals surface area (Å²) in [4.78, 5) is 19.0. The van der Waals surface area contributed by atoms with Gasteiger partial charge in [-0.3, -0.25) is 4.90 Å². The predicted molar refractivity (Wildman–Crippen MR) is 117 cm³/mol. The lowest BCUT2D eigenvalue weighted by Gasteiger charge is -2.37. The zero-order chi connectivity index (χ0) is 23.3. The van der Waals surface area contributed by atoms with Gasteiger partial charge in [-0.05, 0) is 38.8 Å². The Kier molecular flexibility index (Phi) is 7.50. The molecule has 0 atom stereocenters. The average Bonchev–Trinajstić information content (AvgIpc) is 2.75. The molecule has 0 aliphatic heterocycles. The fraction of sp³-hybridized carbons (Fsp3) is 0.478. The molecule has 1 heterocycles. The number of nitrogens with one attached hydrogen (secondary N) is 1. The first-order chi connectivity index (χ1) is 15.2. The fourth-order valence-electron chi connectivity index (χ4n) is 3.99. The molecule has 1 fully saturated rings. The normalized spacial score (nSPS) is 14.8. The number of rotatable bonds is 7. The van der Waals surface area contributed by atoms with Crippen molar-refractivity contribution in [2.24, 2.45) is 0 Å². The third kappa shape index (κ3) is 5.64. The molecule has 9 heteroatoms. The molecule has 2 aromatic rings. The Morgan fingerprint density at radius 1 is 1.19 bits per heavy atom. The summed E-state index contributed by atoms with van der Waals surface area (Å²) in [7, 11) is 1.35. The highest BCUT2D eigenvalue weighted by molar-refractivity contribution is 6.03. The van der Waals surface area contributed by atoms with E-state index in [-0.39, 0.29) is 17.6 Å². The molecule has 174 valence electrons. The molecule has 0 radical (unpaired) electrons. The molecule has 1 aliphatic rings. The van der Waals surface area contributed by atoms with Crippen molar-refractivity contribution < 1.29 is 28.2 Å². The standard InChI is InChI=1S/C23H29F2N3O4/c1-23(2,30)16-11-7-8-12-18(16)28(15-9-5-4-6-10-15)22(29)26-17-13-14-19(31-3)27-20(17)32-21(24)25/h7-8,11-15,21,30H,4-6,9-10H2,1-3H3,(H,26,29). The molecule has 32 heavy (non-hydrogen) atoms. The van der Waals surface area contributed by atoms with Gasteiger partial charge < -0.3 is 19.9 Å². The summed E-state index contributed by atoms with van der Waals surface area (Å²) < 4.78 is 35.3. The second-order valence-corrected chi connectivity index (χ2v) is 8.25. The highest BCUT2D eigenvalue weighted by Crippen LogP contribution is 2.36. The van der Waals surface area contributed by atoms with E-state index >= 15 is 0 Å². The van der Waals surface area contributed by atoms with Crippen LogP contribution in [0.4, 0.5) is 25.0 Å². The van der Waals surface area contributed by atoms with Gasteiger partial charge in [-0.25, -0.2) is 4.79 Å². The Hall–Kier alpha value is -2.94. The van der Waals surface area contributed by atoms with Gasteiger partial charge >= 0.3 is 12.6 Å². The number of urea groups is 1. The number of ether oxygens (including phenoxy) is 2. The third-order valence-corrected chi connectivity index (χ3v) is 5.47. The van der Waals surface area contributed by atoms with Crippen LogP contribution in [0.15, 0.2) is 36.4 Å². The van der Waals surface area contributed by atoms with Crippen LogP contribution in [0, 0.1) is 0 Å². The summed E-state index contributed by atoms with van der Waals surface area (Å²) >= 11 is 0. The number of pyridine rings is 1. The SMILES string of the molecule is COc1ccc(NC(=O)N(c2ccccc2C(C)(C)O)C2CCCCC2)c(OC(F)F)n1. The predicted octanol–water partition coefficient (Wildman–Crippen LogP) is 5.29. The van der Waals surface area contributed by atoms with E-state index in [0.717, 1.165) is 32.1 Å². The Balaban J connectivity index is 2.00. The van der Waals surface area contributed by atoms with Crippen LogP contribution < -0.4 is 19.7 Å². The number of anilines is 2. The van der Waals surface area contributed by atoms with Crippen molar-refractivity contribution in [3.8, 4) is 11.8 Å². The van der Waals surface area contributed by atoms with E-state index in [0.29, 0.717) is 11.3 Å². The minimum atomic E-state index is -3.12. The van der Waals surface area contributed by atoms with Crippen LogP contribution in [0.3, 0.4) is 0 Å². The fourth-order valence-corrected chi connectivity index (χ4v) is 3.99. The van der Waals surface area contributed by atoms with E-state index in [2.05, 4.69) is 15.0 Å². The highest BCUT2D eigenvalue weighted by atomic mass is 19.3. The summed E-state index contributed by atoms with van der Waals surface area (Å²) in [5.74, 6) is -0.359. The molecule has 3 rings (SSSR count). The number of alkyl halides is 2. The Labute approximate surface area is 186 Å². The van der Waals surface area contributed by atoms with Crippen molar-refractivity contribution in [3.63, 3.8) is 0 Å². The summed E-state index contributed by atoms with van der Waals surface area (Å²) in [6.07, 6.45) is 4.64. The van der Waals surface area contributed by atoms with Crippen molar-refractivity contribution in [1.29, 1.82) is 0 Å². The lowest BCUT2D eigenvalue weighted by atomic mass is 9.91. The first kappa shape index (κ1) is 23.7. The number of benzene rings is 1. The zero-order valence-corrected chi connectivity index (χ0v) is 18.5. The van der Waals surface area contributed by atoms with Gasteiger partial charge in [-0.1, -0.05) is 37.5 Å². The van der Waals surface area contributed by atoms with Crippen LogP contribution in [-0.4, -0.2) is 35.9 Å². The number of hydrogen-bond donors (Lipinski definition) is 2. The first-order valence-corrected chi connectivity index (χ1v) is 10.6.